The molecule has 2 N–H and O–H groups in total. The molecule has 116 valence electrons. The molecule has 1 aliphatic carbocycles. The lowest BCUT2D eigenvalue weighted by Crippen LogP contribution is -2.55. The average Bonchev–Trinajstić information content (AvgIpc) is 2.96. The average molecular weight is 298 g/mol. The number of hydrogen-bond donors (Lipinski definition) is 2. The quantitative estimate of drug-likeness (QED) is 0.891. The van der Waals surface area contributed by atoms with E-state index < -0.39 is 0 Å². The molecule has 3 rings (SSSR count). The van der Waals surface area contributed by atoms with Gasteiger partial charge in [0.15, 0.2) is 0 Å². The molecule has 5 nitrogen and oxygen atoms in total. The van der Waals surface area contributed by atoms with Gasteiger partial charge in [-0.1, -0.05) is 30.3 Å². The number of rotatable bonds is 5. The van der Waals surface area contributed by atoms with E-state index in [2.05, 4.69) is 27.8 Å². The highest BCUT2D eigenvalue weighted by molar-refractivity contribution is 5.75. The number of aromatic nitrogens is 2. The normalized spacial score (nSPS) is 17.3. The minimum absolute atomic E-state index is 0.0436. The van der Waals surface area contributed by atoms with E-state index in [-0.39, 0.29) is 17.6 Å². The lowest BCUT2D eigenvalue weighted by molar-refractivity contribution is 0.175. The number of carbonyl (C=O) groups excluding carboxylic acids is 1. The summed E-state index contributed by atoms with van der Waals surface area (Å²) >= 11 is 0. The van der Waals surface area contributed by atoms with Crippen LogP contribution in [0.1, 0.15) is 31.7 Å². The van der Waals surface area contributed by atoms with Gasteiger partial charge in [0.05, 0.1) is 11.9 Å². The summed E-state index contributed by atoms with van der Waals surface area (Å²) < 4.78 is 1.96. The second-order valence-corrected chi connectivity index (χ2v) is 6.06. The van der Waals surface area contributed by atoms with Crippen molar-refractivity contribution in [3.63, 3.8) is 0 Å². The van der Waals surface area contributed by atoms with Crippen molar-refractivity contribution < 1.29 is 4.79 Å². The number of nitrogens with zero attached hydrogens (tertiary/aromatic N) is 2. The zero-order chi connectivity index (χ0) is 15.4. The third-order valence-corrected chi connectivity index (χ3v) is 4.31. The van der Waals surface area contributed by atoms with Crippen LogP contribution in [0.3, 0.4) is 0 Å². The van der Waals surface area contributed by atoms with Crippen LogP contribution < -0.4 is 10.6 Å². The highest BCUT2D eigenvalue weighted by Crippen LogP contribution is 2.41. The Morgan fingerprint density at radius 3 is 2.73 bits per heavy atom. The molecule has 0 radical (unpaired) electrons. The van der Waals surface area contributed by atoms with E-state index in [1.54, 1.807) is 12.5 Å². The zero-order valence-electron chi connectivity index (χ0n) is 12.8. The Hall–Kier alpha value is -2.30. The van der Waals surface area contributed by atoms with E-state index in [0.29, 0.717) is 6.54 Å². The fourth-order valence-corrected chi connectivity index (χ4v) is 3.01. The maximum atomic E-state index is 12.3. The molecule has 0 aliphatic heterocycles. The SMILES string of the molecule is C[C@@H](Cn1ccnc1)NC(=O)NC1(c2ccccc2)CCC1. The first-order valence-corrected chi connectivity index (χ1v) is 7.78. The lowest BCUT2D eigenvalue weighted by Gasteiger charge is -2.43. The Kier molecular flexibility index (Phi) is 4.13. The predicted molar refractivity (Wildman–Crippen MR) is 85.3 cm³/mol. The van der Waals surface area contributed by atoms with Crippen molar-refractivity contribution in [1.29, 1.82) is 0 Å². The third-order valence-electron chi connectivity index (χ3n) is 4.31. The van der Waals surface area contributed by atoms with Crippen molar-refractivity contribution >= 4 is 6.03 Å². The summed E-state index contributed by atoms with van der Waals surface area (Å²) in [6.45, 7) is 2.71. The molecule has 0 bridgehead atoms. The van der Waals surface area contributed by atoms with Gasteiger partial charge in [-0.2, -0.15) is 0 Å². The van der Waals surface area contributed by atoms with Gasteiger partial charge in [0.1, 0.15) is 0 Å². The summed E-state index contributed by atoms with van der Waals surface area (Å²) in [4.78, 5) is 16.3. The van der Waals surface area contributed by atoms with E-state index in [1.807, 2.05) is 35.9 Å². The number of hydrogen-bond acceptors (Lipinski definition) is 2. The number of urea groups is 1. The topological polar surface area (TPSA) is 59.0 Å². The van der Waals surface area contributed by atoms with Crippen LogP contribution in [0.5, 0.6) is 0 Å². The van der Waals surface area contributed by atoms with Crippen molar-refractivity contribution in [2.45, 2.75) is 44.3 Å². The van der Waals surface area contributed by atoms with E-state index in [4.69, 9.17) is 0 Å². The van der Waals surface area contributed by atoms with Gasteiger partial charge < -0.3 is 15.2 Å². The maximum Gasteiger partial charge on any atom is 0.315 e. The first kappa shape index (κ1) is 14.6. The van der Waals surface area contributed by atoms with Crippen molar-refractivity contribution in [3.8, 4) is 0 Å². The second-order valence-electron chi connectivity index (χ2n) is 6.06. The van der Waals surface area contributed by atoms with Crippen molar-refractivity contribution in [2.75, 3.05) is 0 Å². The molecule has 2 amide bonds. The molecular weight excluding hydrogens is 276 g/mol. The van der Waals surface area contributed by atoms with Crippen LogP contribution in [0.25, 0.3) is 0 Å². The summed E-state index contributed by atoms with van der Waals surface area (Å²) in [7, 11) is 0. The van der Waals surface area contributed by atoms with Gasteiger partial charge in [0.2, 0.25) is 0 Å². The van der Waals surface area contributed by atoms with Crippen LogP contribution in [0.15, 0.2) is 49.1 Å². The molecule has 1 aliphatic rings. The van der Waals surface area contributed by atoms with Crippen molar-refractivity contribution in [1.82, 2.24) is 20.2 Å². The molecular formula is C17H22N4O. The fraction of sp³-hybridized carbons (Fsp3) is 0.412. The molecule has 5 heteroatoms. The zero-order valence-corrected chi connectivity index (χ0v) is 12.8. The molecule has 22 heavy (non-hydrogen) atoms. The molecule has 1 atom stereocenters. The number of nitrogens with one attached hydrogen (secondary N) is 2. The van der Waals surface area contributed by atoms with Gasteiger partial charge in [-0.3, -0.25) is 0 Å². The van der Waals surface area contributed by atoms with Crippen LogP contribution in [-0.2, 0) is 12.1 Å². The summed E-state index contributed by atoms with van der Waals surface area (Å²) in [5.74, 6) is 0. The highest BCUT2D eigenvalue weighted by atomic mass is 16.2. The van der Waals surface area contributed by atoms with Crippen LogP contribution in [-0.4, -0.2) is 21.6 Å². The van der Waals surface area contributed by atoms with E-state index in [0.717, 1.165) is 19.3 Å². The van der Waals surface area contributed by atoms with E-state index >= 15 is 0 Å². The Balaban J connectivity index is 1.58. The monoisotopic (exact) mass is 298 g/mol. The Morgan fingerprint density at radius 1 is 1.36 bits per heavy atom. The molecule has 1 aromatic heterocycles. The van der Waals surface area contributed by atoms with Gasteiger partial charge >= 0.3 is 6.03 Å². The molecule has 1 aromatic carbocycles. The summed E-state index contributed by atoms with van der Waals surface area (Å²) in [5.41, 5.74) is 0.999. The fourth-order valence-electron chi connectivity index (χ4n) is 3.01. The van der Waals surface area contributed by atoms with Crippen molar-refractivity contribution in [3.05, 3.63) is 54.6 Å². The van der Waals surface area contributed by atoms with Gasteiger partial charge in [0.25, 0.3) is 0 Å². The molecule has 1 saturated carbocycles. The first-order valence-electron chi connectivity index (χ1n) is 7.78. The standard InChI is InChI=1S/C17H22N4O/c1-14(12-21-11-10-18-13-21)19-16(22)20-17(8-5-9-17)15-6-3-2-4-7-15/h2-4,6-7,10-11,13-14H,5,8-9,12H2,1H3,(H2,19,20,22)/t14-/m0/s1. The van der Waals surface area contributed by atoms with Gasteiger partial charge in [-0.25, -0.2) is 9.78 Å². The summed E-state index contributed by atoms with van der Waals surface area (Å²) in [6.07, 6.45) is 8.55. The molecule has 0 unspecified atom stereocenters. The van der Waals surface area contributed by atoms with Gasteiger partial charge in [-0.05, 0) is 31.7 Å². The van der Waals surface area contributed by atoms with Crippen LogP contribution in [0, 0.1) is 0 Å². The Morgan fingerprint density at radius 2 is 2.14 bits per heavy atom. The number of carbonyl (C=O) groups is 1. The number of imidazole rings is 1. The summed E-state index contributed by atoms with van der Waals surface area (Å²) in [5, 5.41) is 6.19. The number of amides is 2. The van der Waals surface area contributed by atoms with Gasteiger partial charge in [0, 0.05) is 25.0 Å². The lowest BCUT2D eigenvalue weighted by atomic mass is 9.72. The molecule has 0 spiro atoms. The van der Waals surface area contributed by atoms with Crippen LogP contribution in [0.4, 0.5) is 4.79 Å². The van der Waals surface area contributed by atoms with Crippen molar-refractivity contribution in [2.24, 2.45) is 0 Å². The van der Waals surface area contributed by atoms with Crippen LogP contribution >= 0.6 is 0 Å². The Labute approximate surface area is 130 Å². The molecule has 0 saturated heterocycles. The minimum atomic E-state index is -0.194. The third kappa shape index (κ3) is 3.13. The smallest absolute Gasteiger partial charge is 0.315 e. The largest absolute Gasteiger partial charge is 0.335 e. The first-order chi connectivity index (χ1) is 10.7. The van der Waals surface area contributed by atoms with E-state index in [9.17, 15) is 4.79 Å². The Bertz CT molecular complexity index is 605. The molecule has 1 fully saturated rings. The maximum absolute atomic E-state index is 12.3. The van der Waals surface area contributed by atoms with Gasteiger partial charge in [-0.15, -0.1) is 0 Å². The predicted octanol–water partition coefficient (Wildman–Crippen LogP) is 2.65. The second kappa shape index (κ2) is 6.22. The minimum Gasteiger partial charge on any atom is -0.335 e. The number of benzene rings is 1. The summed E-state index contributed by atoms with van der Waals surface area (Å²) in [6, 6.07) is 10.2. The molecule has 1 heterocycles. The highest BCUT2D eigenvalue weighted by Gasteiger charge is 2.40. The molecule has 2 aromatic rings. The van der Waals surface area contributed by atoms with Crippen LogP contribution in [0.2, 0.25) is 0 Å². The van der Waals surface area contributed by atoms with E-state index in [1.165, 1.54) is 5.56 Å².